The van der Waals surface area contributed by atoms with E-state index in [4.69, 9.17) is 18.6 Å². The number of Topliss-reactive ketones (excluding diaryl/α,β-unsaturated/α-hetero) is 1. The van der Waals surface area contributed by atoms with E-state index in [9.17, 15) is 19.8 Å². The van der Waals surface area contributed by atoms with Crippen LogP contribution in [0.4, 0.5) is 5.69 Å². The number of aliphatic hydroxyl groups excluding tert-OH is 1. The number of phenols is 1. The maximum atomic E-state index is 13.9. The molecule has 1 unspecified atom stereocenters. The molecule has 0 saturated carbocycles. The van der Waals surface area contributed by atoms with E-state index in [0.717, 1.165) is 0 Å². The monoisotopic (exact) mass is 529 g/mol. The number of rotatable bonds is 9. The molecular formula is C30H27NO8. The van der Waals surface area contributed by atoms with Gasteiger partial charge < -0.3 is 28.8 Å². The van der Waals surface area contributed by atoms with Crippen molar-refractivity contribution in [1.82, 2.24) is 0 Å². The van der Waals surface area contributed by atoms with Gasteiger partial charge in [0.1, 0.15) is 5.75 Å². The maximum absolute atomic E-state index is 13.9. The van der Waals surface area contributed by atoms with E-state index >= 15 is 0 Å². The average Bonchev–Trinajstić information content (AvgIpc) is 3.49. The zero-order chi connectivity index (χ0) is 27.7. The molecule has 5 rings (SSSR count). The number of carbonyl (C=O) groups excluding carboxylic acids is 2. The Labute approximate surface area is 224 Å². The van der Waals surface area contributed by atoms with E-state index in [1.165, 1.54) is 18.1 Å². The summed E-state index contributed by atoms with van der Waals surface area (Å²) in [6, 6.07) is 17.0. The van der Waals surface area contributed by atoms with Crippen LogP contribution in [0.5, 0.6) is 23.0 Å². The molecule has 1 aliphatic rings. The minimum absolute atomic E-state index is 0.0637. The number of benzene rings is 3. The Balaban J connectivity index is 1.65. The molecule has 0 radical (unpaired) electrons. The van der Waals surface area contributed by atoms with Crippen LogP contribution in [0.1, 0.15) is 36.0 Å². The zero-order valence-corrected chi connectivity index (χ0v) is 21.6. The van der Waals surface area contributed by atoms with Crippen LogP contribution in [0, 0.1) is 0 Å². The second kappa shape index (κ2) is 10.4. The molecule has 9 heteroatoms. The number of hydrogen-bond acceptors (Lipinski definition) is 8. The van der Waals surface area contributed by atoms with Gasteiger partial charge in [-0.1, -0.05) is 18.2 Å². The largest absolute Gasteiger partial charge is 0.504 e. The zero-order valence-electron chi connectivity index (χ0n) is 21.6. The van der Waals surface area contributed by atoms with Crippen molar-refractivity contribution in [2.45, 2.75) is 19.9 Å². The fraction of sp³-hybridized carbons (Fsp3) is 0.200. The number of aliphatic hydroxyl groups is 1. The molecule has 0 fully saturated rings. The quantitative estimate of drug-likeness (QED) is 0.264. The number of para-hydroxylation sites is 1. The molecule has 0 spiro atoms. The smallest absolute Gasteiger partial charge is 0.294 e. The van der Waals surface area contributed by atoms with Gasteiger partial charge in [-0.25, -0.2) is 0 Å². The van der Waals surface area contributed by atoms with Crippen molar-refractivity contribution in [2.24, 2.45) is 0 Å². The standard InChI is InChI=1S/C30H27NO8/c1-4-37-20-12-10-19(11-13-20)31-26(17-9-14-21(32)23(15-17)38-5-2)25(28(34)30(31)35)27(33)24-16-18-7-6-8-22(36-3)29(18)39-24/h6-16,26,32,34H,4-5H2,1-3H3. The summed E-state index contributed by atoms with van der Waals surface area (Å²) in [7, 11) is 1.49. The second-order valence-corrected chi connectivity index (χ2v) is 8.75. The lowest BCUT2D eigenvalue weighted by Crippen LogP contribution is -2.31. The lowest BCUT2D eigenvalue weighted by molar-refractivity contribution is -0.117. The number of methoxy groups -OCH3 is 1. The number of ketones is 1. The van der Waals surface area contributed by atoms with Crippen LogP contribution < -0.4 is 19.1 Å². The molecule has 1 aliphatic heterocycles. The molecule has 2 heterocycles. The fourth-order valence-electron chi connectivity index (χ4n) is 4.70. The molecule has 1 amide bonds. The lowest BCUT2D eigenvalue weighted by Gasteiger charge is -2.27. The van der Waals surface area contributed by atoms with E-state index < -0.39 is 23.5 Å². The highest BCUT2D eigenvalue weighted by molar-refractivity contribution is 6.20. The molecule has 0 aliphatic carbocycles. The Bertz CT molecular complexity index is 1580. The van der Waals surface area contributed by atoms with Crippen molar-refractivity contribution in [2.75, 3.05) is 25.2 Å². The summed E-state index contributed by atoms with van der Waals surface area (Å²) in [6.45, 7) is 4.40. The summed E-state index contributed by atoms with van der Waals surface area (Å²) in [6.07, 6.45) is 0. The van der Waals surface area contributed by atoms with Gasteiger partial charge in [0.25, 0.3) is 5.91 Å². The first kappa shape index (κ1) is 25.7. The highest BCUT2D eigenvalue weighted by Gasteiger charge is 2.45. The second-order valence-electron chi connectivity index (χ2n) is 8.75. The molecule has 200 valence electrons. The van der Waals surface area contributed by atoms with Gasteiger partial charge >= 0.3 is 0 Å². The molecular weight excluding hydrogens is 502 g/mol. The Morgan fingerprint density at radius 3 is 2.38 bits per heavy atom. The first-order valence-electron chi connectivity index (χ1n) is 12.4. The van der Waals surface area contributed by atoms with Gasteiger partial charge in [0.2, 0.25) is 5.78 Å². The predicted molar refractivity (Wildman–Crippen MR) is 144 cm³/mol. The van der Waals surface area contributed by atoms with Crippen LogP contribution in [0.25, 0.3) is 11.0 Å². The molecule has 3 aromatic carbocycles. The molecule has 4 aromatic rings. The predicted octanol–water partition coefficient (Wildman–Crippen LogP) is 5.73. The average molecular weight is 530 g/mol. The number of phenolic OH excluding ortho intramolecular Hbond substituents is 1. The Morgan fingerprint density at radius 2 is 1.69 bits per heavy atom. The number of ether oxygens (including phenoxy) is 3. The molecule has 0 bridgehead atoms. The van der Waals surface area contributed by atoms with Crippen LogP contribution in [-0.4, -0.2) is 42.2 Å². The lowest BCUT2D eigenvalue weighted by atomic mass is 9.94. The highest BCUT2D eigenvalue weighted by atomic mass is 16.5. The SMILES string of the molecule is CCOc1ccc(N2C(=O)C(O)=C(C(=O)c3cc4cccc(OC)c4o3)C2c2ccc(O)c(OCC)c2)cc1. The van der Waals surface area contributed by atoms with Gasteiger partial charge in [-0.2, -0.15) is 0 Å². The first-order chi connectivity index (χ1) is 18.9. The maximum Gasteiger partial charge on any atom is 0.294 e. The summed E-state index contributed by atoms with van der Waals surface area (Å²) in [5, 5.41) is 22.0. The van der Waals surface area contributed by atoms with Crippen molar-refractivity contribution in [3.05, 3.63) is 89.4 Å². The Kier molecular flexibility index (Phi) is 6.89. The molecule has 39 heavy (non-hydrogen) atoms. The van der Waals surface area contributed by atoms with E-state index in [1.54, 1.807) is 67.6 Å². The minimum atomic E-state index is -1.04. The van der Waals surface area contributed by atoms with Crippen LogP contribution in [0.2, 0.25) is 0 Å². The topological polar surface area (TPSA) is 119 Å². The number of fused-ring (bicyclic) bond motifs is 1. The third-order valence-corrected chi connectivity index (χ3v) is 6.43. The highest BCUT2D eigenvalue weighted by Crippen LogP contribution is 2.44. The number of furan rings is 1. The van der Waals surface area contributed by atoms with Gasteiger partial charge in [0.15, 0.2) is 34.4 Å². The molecule has 1 atom stereocenters. The summed E-state index contributed by atoms with van der Waals surface area (Å²) < 4.78 is 22.3. The number of hydrogen-bond donors (Lipinski definition) is 2. The number of aromatic hydroxyl groups is 1. The fourth-order valence-corrected chi connectivity index (χ4v) is 4.70. The van der Waals surface area contributed by atoms with Crippen molar-refractivity contribution in [3.63, 3.8) is 0 Å². The van der Waals surface area contributed by atoms with Crippen LogP contribution >= 0.6 is 0 Å². The number of carbonyl (C=O) groups is 2. The van der Waals surface area contributed by atoms with Gasteiger partial charge in [0.05, 0.1) is 31.9 Å². The van der Waals surface area contributed by atoms with Crippen molar-refractivity contribution in [1.29, 1.82) is 0 Å². The number of nitrogens with zero attached hydrogens (tertiary/aromatic N) is 1. The third-order valence-electron chi connectivity index (χ3n) is 6.43. The summed E-state index contributed by atoms with van der Waals surface area (Å²) in [4.78, 5) is 28.7. The van der Waals surface area contributed by atoms with Crippen molar-refractivity contribution in [3.8, 4) is 23.0 Å². The van der Waals surface area contributed by atoms with Crippen LogP contribution in [0.15, 0.2) is 82.5 Å². The number of anilines is 1. The molecule has 9 nitrogen and oxygen atoms in total. The van der Waals surface area contributed by atoms with Crippen molar-refractivity contribution >= 4 is 28.3 Å². The Hall–Kier alpha value is -4.92. The van der Waals surface area contributed by atoms with Crippen LogP contribution in [0.3, 0.4) is 0 Å². The van der Waals surface area contributed by atoms with Crippen LogP contribution in [-0.2, 0) is 4.79 Å². The van der Waals surface area contributed by atoms with Gasteiger partial charge in [-0.3, -0.25) is 14.5 Å². The van der Waals surface area contributed by atoms with Crippen molar-refractivity contribution < 1.29 is 38.4 Å². The van der Waals surface area contributed by atoms with Gasteiger partial charge in [0, 0.05) is 11.1 Å². The Morgan fingerprint density at radius 1 is 0.949 bits per heavy atom. The summed E-state index contributed by atoms with van der Waals surface area (Å²) in [5.41, 5.74) is 1.08. The van der Waals surface area contributed by atoms with E-state index in [1.807, 2.05) is 6.92 Å². The first-order valence-corrected chi connectivity index (χ1v) is 12.4. The molecule has 0 saturated heterocycles. The van der Waals surface area contributed by atoms with E-state index in [0.29, 0.717) is 40.3 Å². The van der Waals surface area contributed by atoms with E-state index in [-0.39, 0.29) is 29.4 Å². The molecule has 1 aromatic heterocycles. The number of amides is 1. The summed E-state index contributed by atoms with van der Waals surface area (Å²) in [5.74, 6) is -1.04. The third kappa shape index (κ3) is 4.52. The normalized spacial score (nSPS) is 15.2. The van der Waals surface area contributed by atoms with Gasteiger partial charge in [-0.05, 0) is 67.9 Å². The minimum Gasteiger partial charge on any atom is -0.504 e. The molecule has 2 N–H and O–H groups in total. The summed E-state index contributed by atoms with van der Waals surface area (Å²) >= 11 is 0. The van der Waals surface area contributed by atoms with E-state index in [2.05, 4.69) is 0 Å². The van der Waals surface area contributed by atoms with Gasteiger partial charge in [-0.15, -0.1) is 0 Å².